The van der Waals surface area contributed by atoms with Crippen molar-refractivity contribution in [3.05, 3.63) is 85.6 Å². The van der Waals surface area contributed by atoms with E-state index >= 15 is 0 Å². The van der Waals surface area contributed by atoms with Gasteiger partial charge < -0.3 is 9.67 Å². The number of aliphatic carboxylic acids is 1. The summed E-state index contributed by atoms with van der Waals surface area (Å²) < 4.78 is 1.95. The Morgan fingerprint density at radius 1 is 1.33 bits per heavy atom. The van der Waals surface area contributed by atoms with E-state index < -0.39 is 10.9 Å². The highest BCUT2D eigenvalue weighted by atomic mass is 32.1. The molecule has 0 aliphatic carbocycles. The van der Waals surface area contributed by atoms with Crippen LogP contribution in [0.1, 0.15) is 41.7 Å². The van der Waals surface area contributed by atoms with Crippen LogP contribution in [0.5, 0.6) is 0 Å². The second-order valence-corrected chi connectivity index (χ2v) is 7.98. The van der Waals surface area contributed by atoms with Gasteiger partial charge in [0.05, 0.1) is 16.8 Å². The lowest BCUT2D eigenvalue weighted by Gasteiger charge is -2.11. The number of aryl methyl sites for hydroxylation is 1. The number of carboxylic acids is 1. The van der Waals surface area contributed by atoms with E-state index in [0.717, 1.165) is 35.5 Å². The maximum Gasteiger partial charge on any atom is 0.332 e. The van der Waals surface area contributed by atoms with Crippen molar-refractivity contribution in [3.63, 3.8) is 0 Å². The zero-order valence-electron chi connectivity index (χ0n) is 16.7. The van der Waals surface area contributed by atoms with Gasteiger partial charge in [-0.15, -0.1) is 11.3 Å². The standard InChI is InChI=1S/C22H23N3O4S/c1-2-3-9-21-23-14-19(12-17(22(26)27)13-20-8-5-10-30-20)24(21)15-16-6-4-7-18(11-16)25(28)29/h4-8,10-12,14H,2-3,9,13,15H2,1H3,(H,26,27)/b17-12+. The summed E-state index contributed by atoms with van der Waals surface area (Å²) in [5.74, 6) is -0.128. The summed E-state index contributed by atoms with van der Waals surface area (Å²) >= 11 is 1.52. The molecule has 0 aliphatic heterocycles. The number of thiophene rings is 1. The molecule has 0 bridgehead atoms. The van der Waals surface area contributed by atoms with Crippen LogP contribution in [0.25, 0.3) is 6.08 Å². The minimum Gasteiger partial charge on any atom is -0.478 e. The van der Waals surface area contributed by atoms with E-state index in [9.17, 15) is 20.0 Å². The predicted molar refractivity (Wildman–Crippen MR) is 117 cm³/mol. The largest absolute Gasteiger partial charge is 0.478 e. The van der Waals surface area contributed by atoms with Crippen LogP contribution in [-0.2, 0) is 24.2 Å². The average Bonchev–Trinajstić information content (AvgIpc) is 3.36. The first-order chi connectivity index (χ1) is 14.5. The molecule has 0 spiro atoms. The molecule has 0 saturated heterocycles. The van der Waals surface area contributed by atoms with Crippen molar-refractivity contribution < 1.29 is 14.8 Å². The van der Waals surface area contributed by atoms with Crippen LogP contribution in [0, 0.1) is 10.1 Å². The topological polar surface area (TPSA) is 98.3 Å². The summed E-state index contributed by atoms with van der Waals surface area (Å²) in [4.78, 5) is 28.0. The van der Waals surface area contributed by atoms with Crippen LogP contribution in [0.3, 0.4) is 0 Å². The van der Waals surface area contributed by atoms with Gasteiger partial charge in [0.15, 0.2) is 0 Å². The third-order valence-corrected chi connectivity index (χ3v) is 5.60. The number of unbranched alkanes of at least 4 members (excludes halogenated alkanes) is 1. The summed E-state index contributed by atoms with van der Waals surface area (Å²) in [6.45, 7) is 2.48. The molecule has 2 aromatic heterocycles. The first-order valence-corrected chi connectivity index (χ1v) is 10.6. The highest BCUT2D eigenvalue weighted by Crippen LogP contribution is 2.21. The second-order valence-electron chi connectivity index (χ2n) is 6.95. The monoisotopic (exact) mass is 425 g/mol. The van der Waals surface area contributed by atoms with Crippen LogP contribution in [-0.4, -0.2) is 25.6 Å². The second kappa shape index (κ2) is 9.98. The molecular weight excluding hydrogens is 402 g/mol. The summed E-state index contributed by atoms with van der Waals surface area (Å²) in [5, 5.41) is 22.7. The minimum atomic E-state index is -0.971. The van der Waals surface area contributed by atoms with E-state index in [1.807, 2.05) is 28.1 Å². The van der Waals surface area contributed by atoms with Gasteiger partial charge in [0.1, 0.15) is 5.82 Å². The van der Waals surface area contributed by atoms with Crippen molar-refractivity contribution in [1.82, 2.24) is 9.55 Å². The van der Waals surface area contributed by atoms with Crippen molar-refractivity contribution in [1.29, 1.82) is 0 Å². The number of nitro groups is 1. The number of hydrogen-bond acceptors (Lipinski definition) is 5. The Morgan fingerprint density at radius 3 is 2.83 bits per heavy atom. The van der Waals surface area contributed by atoms with Crippen LogP contribution in [0.4, 0.5) is 5.69 Å². The predicted octanol–water partition coefficient (Wildman–Crippen LogP) is 4.95. The Balaban J connectivity index is 1.97. The molecule has 156 valence electrons. The Bertz CT molecular complexity index is 1050. The molecule has 0 atom stereocenters. The van der Waals surface area contributed by atoms with Crippen molar-refractivity contribution in [3.8, 4) is 0 Å². The van der Waals surface area contributed by atoms with Crippen LogP contribution < -0.4 is 0 Å². The fourth-order valence-corrected chi connectivity index (χ4v) is 3.91. The maximum absolute atomic E-state index is 11.8. The molecule has 8 heteroatoms. The van der Waals surface area contributed by atoms with Gasteiger partial charge in [-0.1, -0.05) is 31.5 Å². The van der Waals surface area contributed by atoms with Crippen molar-refractivity contribution in [2.24, 2.45) is 0 Å². The number of hydrogen-bond donors (Lipinski definition) is 1. The quantitative estimate of drug-likeness (QED) is 0.281. The van der Waals surface area contributed by atoms with E-state index in [-0.39, 0.29) is 11.3 Å². The minimum absolute atomic E-state index is 0.0312. The summed E-state index contributed by atoms with van der Waals surface area (Å²) in [6.07, 6.45) is 6.39. The lowest BCUT2D eigenvalue weighted by molar-refractivity contribution is -0.384. The van der Waals surface area contributed by atoms with Gasteiger partial charge in [0, 0.05) is 42.0 Å². The van der Waals surface area contributed by atoms with E-state index in [0.29, 0.717) is 18.7 Å². The van der Waals surface area contributed by atoms with Crippen LogP contribution >= 0.6 is 11.3 Å². The SMILES string of the molecule is CCCCc1ncc(/C=C(\Cc2cccs2)C(=O)O)n1Cc1cccc([N+](=O)[O-])c1. The van der Waals surface area contributed by atoms with Gasteiger partial charge in [0.25, 0.3) is 5.69 Å². The first-order valence-electron chi connectivity index (χ1n) is 9.72. The van der Waals surface area contributed by atoms with Crippen LogP contribution in [0.2, 0.25) is 0 Å². The van der Waals surface area contributed by atoms with E-state index in [2.05, 4.69) is 11.9 Å². The molecule has 3 rings (SSSR count). The molecule has 7 nitrogen and oxygen atoms in total. The Kier molecular flexibility index (Phi) is 7.13. The van der Waals surface area contributed by atoms with Gasteiger partial charge in [-0.25, -0.2) is 9.78 Å². The van der Waals surface area contributed by atoms with Crippen LogP contribution in [0.15, 0.2) is 53.5 Å². The Hall–Kier alpha value is -3.26. The van der Waals surface area contributed by atoms with Crippen molar-refractivity contribution in [2.75, 3.05) is 0 Å². The number of aromatic nitrogens is 2. The third kappa shape index (κ3) is 5.42. The molecule has 0 fully saturated rings. The molecule has 0 unspecified atom stereocenters. The summed E-state index contributed by atoms with van der Waals surface area (Å²) in [7, 11) is 0. The lowest BCUT2D eigenvalue weighted by Crippen LogP contribution is -2.09. The Morgan fingerprint density at radius 2 is 2.17 bits per heavy atom. The zero-order chi connectivity index (χ0) is 21.5. The molecule has 2 heterocycles. The van der Waals surface area contributed by atoms with Gasteiger partial charge >= 0.3 is 5.97 Å². The smallest absolute Gasteiger partial charge is 0.332 e. The fourth-order valence-electron chi connectivity index (χ4n) is 3.18. The van der Waals surface area contributed by atoms with E-state index in [1.54, 1.807) is 24.4 Å². The molecule has 0 saturated carbocycles. The van der Waals surface area contributed by atoms with E-state index in [1.165, 1.54) is 17.4 Å². The number of imidazole rings is 1. The number of non-ortho nitro benzene ring substituents is 1. The third-order valence-electron chi connectivity index (χ3n) is 4.73. The van der Waals surface area contributed by atoms with Gasteiger partial charge in [-0.05, 0) is 29.5 Å². The summed E-state index contributed by atoms with van der Waals surface area (Å²) in [5.41, 5.74) is 1.76. The number of nitrogens with zero attached hydrogens (tertiary/aromatic N) is 3. The molecule has 0 aliphatic rings. The number of rotatable bonds is 10. The zero-order valence-corrected chi connectivity index (χ0v) is 17.5. The highest BCUT2D eigenvalue weighted by molar-refractivity contribution is 7.09. The molecule has 0 amide bonds. The van der Waals surface area contributed by atoms with Gasteiger partial charge in [0.2, 0.25) is 0 Å². The Labute approximate surface area is 178 Å². The lowest BCUT2D eigenvalue weighted by atomic mass is 10.1. The maximum atomic E-state index is 11.8. The number of nitro benzene ring substituents is 1. The number of carboxylic acid groups (broad SMARTS) is 1. The first kappa shape index (κ1) is 21.4. The fraction of sp³-hybridized carbons (Fsp3) is 0.273. The molecule has 1 N–H and O–H groups in total. The highest BCUT2D eigenvalue weighted by Gasteiger charge is 2.15. The molecule has 1 aromatic carbocycles. The number of benzene rings is 1. The molecule has 3 aromatic rings. The average molecular weight is 426 g/mol. The molecular formula is C22H23N3O4S. The molecule has 0 radical (unpaired) electrons. The van der Waals surface area contributed by atoms with Gasteiger partial charge in [-0.3, -0.25) is 10.1 Å². The van der Waals surface area contributed by atoms with Crippen molar-refractivity contribution >= 4 is 29.1 Å². The van der Waals surface area contributed by atoms with Crippen molar-refractivity contribution in [2.45, 2.75) is 39.2 Å². The summed E-state index contributed by atoms with van der Waals surface area (Å²) in [6, 6.07) is 10.3. The normalized spacial score (nSPS) is 11.6. The van der Waals surface area contributed by atoms with E-state index in [4.69, 9.17) is 0 Å². The molecule has 30 heavy (non-hydrogen) atoms. The number of carbonyl (C=O) groups is 1. The van der Waals surface area contributed by atoms with Gasteiger partial charge in [-0.2, -0.15) is 0 Å².